The van der Waals surface area contributed by atoms with Gasteiger partial charge in [0.05, 0.1) is 5.92 Å². The summed E-state index contributed by atoms with van der Waals surface area (Å²) < 4.78 is 37.1. The highest BCUT2D eigenvalue weighted by atomic mass is 19.4. The first-order valence-electron chi connectivity index (χ1n) is 9.42. The molecule has 0 bridgehead atoms. The third-order valence-corrected chi connectivity index (χ3v) is 4.56. The first-order chi connectivity index (χ1) is 14.3. The van der Waals surface area contributed by atoms with E-state index >= 15 is 0 Å². The average molecular weight is 446 g/mol. The molecule has 172 valence electrons. The topological polar surface area (TPSA) is 134 Å². The lowest BCUT2D eigenvalue weighted by molar-refractivity contribution is -0.192. The van der Waals surface area contributed by atoms with Gasteiger partial charge in [0.2, 0.25) is 0 Å². The molecule has 1 heterocycles. The second-order valence-corrected chi connectivity index (χ2v) is 6.76. The molecule has 1 aromatic carbocycles. The van der Waals surface area contributed by atoms with E-state index in [1.807, 2.05) is 18.2 Å². The van der Waals surface area contributed by atoms with Gasteiger partial charge in [-0.05, 0) is 38.0 Å². The van der Waals surface area contributed by atoms with Crippen LogP contribution >= 0.6 is 0 Å². The van der Waals surface area contributed by atoms with E-state index in [0.29, 0.717) is 11.1 Å². The molecule has 2 aromatic rings. The lowest BCUT2D eigenvalue weighted by atomic mass is 9.94. The molecule has 0 amide bonds. The molecule has 2 unspecified atom stereocenters. The van der Waals surface area contributed by atoms with E-state index < -0.39 is 35.7 Å². The van der Waals surface area contributed by atoms with Crippen molar-refractivity contribution in [3.8, 4) is 0 Å². The molecule has 0 fully saturated rings. The van der Waals surface area contributed by atoms with Crippen LogP contribution in [0.25, 0.3) is 11.0 Å². The van der Waals surface area contributed by atoms with E-state index in [1.54, 1.807) is 6.92 Å². The second kappa shape index (κ2) is 10.8. The van der Waals surface area contributed by atoms with Gasteiger partial charge < -0.3 is 25.3 Å². The van der Waals surface area contributed by atoms with E-state index in [-0.39, 0.29) is 6.42 Å². The van der Waals surface area contributed by atoms with Crippen molar-refractivity contribution < 1.29 is 37.4 Å². The standard InChI is InChI=1S/C18H24N2O4.C2HF3O2/c1-4-20(5-2)12-6-7-13-14(10-17(21)24-16(13)9-12)15(19)8-11(3)18(22)23;3-2(4,5)1(6)7/h6-7,9-11,15H,4-5,8,19H2,1-3H3,(H,22,23);(H,6,7). The van der Waals surface area contributed by atoms with Gasteiger partial charge in [0.1, 0.15) is 5.58 Å². The molecule has 0 aliphatic heterocycles. The number of nitrogens with zero attached hydrogens (tertiary/aromatic N) is 1. The number of fused-ring (bicyclic) bond motifs is 1. The number of nitrogens with two attached hydrogens (primary N) is 1. The highest BCUT2D eigenvalue weighted by molar-refractivity contribution is 5.84. The van der Waals surface area contributed by atoms with Gasteiger partial charge in [-0.25, -0.2) is 9.59 Å². The SMILES string of the molecule is CCN(CC)c1ccc2c(C(N)CC(C)C(=O)O)cc(=O)oc2c1.O=C(O)C(F)(F)F. The van der Waals surface area contributed by atoms with E-state index in [1.165, 1.54) is 6.07 Å². The first-order valence-corrected chi connectivity index (χ1v) is 9.42. The maximum Gasteiger partial charge on any atom is 0.490 e. The predicted molar refractivity (Wildman–Crippen MR) is 108 cm³/mol. The average Bonchev–Trinajstić information content (AvgIpc) is 2.67. The van der Waals surface area contributed by atoms with Crippen LogP contribution in [0.4, 0.5) is 18.9 Å². The highest BCUT2D eigenvalue weighted by Gasteiger charge is 2.38. The van der Waals surface area contributed by atoms with Crippen molar-refractivity contribution in [3.63, 3.8) is 0 Å². The monoisotopic (exact) mass is 446 g/mol. The molecule has 11 heteroatoms. The Hall–Kier alpha value is -3.08. The minimum Gasteiger partial charge on any atom is -0.481 e. The summed E-state index contributed by atoms with van der Waals surface area (Å²) in [5.74, 6) is -4.24. The number of anilines is 1. The van der Waals surface area contributed by atoms with E-state index in [9.17, 15) is 22.8 Å². The van der Waals surface area contributed by atoms with Crippen LogP contribution in [-0.2, 0) is 9.59 Å². The zero-order valence-corrected chi connectivity index (χ0v) is 17.3. The molecule has 0 saturated heterocycles. The van der Waals surface area contributed by atoms with Crippen molar-refractivity contribution in [2.45, 2.75) is 39.4 Å². The van der Waals surface area contributed by atoms with Crippen molar-refractivity contribution in [1.82, 2.24) is 0 Å². The van der Waals surface area contributed by atoms with Crippen molar-refractivity contribution in [3.05, 3.63) is 40.2 Å². The number of carbonyl (C=O) groups is 2. The summed E-state index contributed by atoms with van der Waals surface area (Å²) in [5.41, 5.74) is 7.76. The second-order valence-electron chi connectivity index (χ2n) is 6.76. The van der Waals surface area contributed by atoms with Gasteiger partial charge in [-0.3, -0.25) is 4.79 Å². The number of halogens is 3. The minimum absolute atomic E-state index is 0.256. The van der Waals surface area contributed by atoms with Crippen molar-refractivity contribution in [2.24, 2.45) is 11.7 Å². The quantitative estimate of drug-likeness (QED) is 0.551. The molecule has 8 nitrogen and oxygen atoms in total. The fourth-order valence-electron chi connectivity index (χ4n) is 2.88. The van der Waals surface area contributed by atoms with E-state index in [2.05, 4.69) is 18.7 Å². The zero-order valence-electron chi connectivity index (χ0n) is 17.3. The molecule has 2 rings (SSSR count). The Morgan fingerprint density at radius 2 is 1.71 bits per heavy atom. The van der Waals surface area contributed by atoms with Gasteiger partial charge in [0, 0.05) is 42.3 Å². The molecule has 2 atom stereocenters. The van der Waals surface area contributed by atoms with Crippen LogP contribution in [0.5, 0.6) is 0 Å². The summed E-state index contributed by atoms with van der Waals surface area (Å²) in [5, 5.41) is 16.9. The molecule has 0 spiro atoms. The van der Waals surface area contributed by atoms with Gasteiger partial charge in [-0.2, -0.15) is 13.2 Å². The number of aliphatic carboxylic acids is 2. The molecule has 1 aromatic heterocycles. The van der Waals surface area contributed by atoms with Crippen LogP contribution in [0.3, 0.4) is 0 Å². The Morgan fingerprint density at radius 1 is 1.16 bits per heavy atom. The first kappa shape index (κ1) is 26.0. The summed E-state index contributed by atoms with van der Waals surface area (Å²) in [7, 11) is 0. The van der Waals surface area contributed by atoms with Gasteiger partial charge in [-0.15, -0.1) is 0 Å². The molecule has 0 aliphatic carbocycles. The Bertz CT molecular complexity index is 970. The zero-order chi connectivity index (χ0) is 23.9. The van der Waals surface area contributed by atoms with Crippen molar-refractivity contribution in [1.29, 1.82) is 0 Å². The Morgan fingerprint density at radius 3 is 2.16 bits per heavy atom. The summed E-state index contributed by atoms with van der Waals surface area (Å²) >= 11 is 0. The normalized spacial score (nSPS) is 13.1. The fraction of sp³-hybridized carbons (Fsp3) is 0.450. The highest BCUT2D eigenvalue weighted by Crippen LogP contribution is 2.28. The number of carboxylic acids is 2. The fourth-order valence-corrected chi connectivity index (χ4v) is 2.88. The van der Waals surface area contributed by atoms with Crippen LogP contribution in [0.15, 0.2) is 33.5 Å². The molecule has 0 radical (unpaired) electrons. The molecule has 0 aliphatic rings. The molecule has 0 saturated carbocycles. The van der Waals surface area contributed by atoms with Crippen LogP contribution in [0, 0.1) is 5.92 Å². The van der Waals surface area contributed by atoms with Gasteiger partial charge in [0.25, 0.3) is 0 Å². The summed E-state index contributed by atoms with van der Waals surface area (Å²) in [4.78, 5) is 34.0. The Labute approximate surface area is 176 Å². The van der Waals surface area contributed by atoms with Crippen LogP contribution in [0.1, 0.15) is 38.8 Å². The molecular formula is C20H25F3N2O6. The largest absolute Gasteiger partial charge is 0.490 e. The third-order valence-electron chi connectivity index (χ3n) is 4.56. The number of hydrogen-bond acceptors (Lipinski definition) is 6. The van der Waals surface area contributed by atoms with E-state index in [0.717, 1.165) is 24.2 Å². The number of alkyl halides is 3. The molecule has 31 heavy (non-hydrogen) atoms. The number of rotatable bonds is 7. The van der Waals surface area contributed by atoms with Gasteiger partial charge in [-0.1, -0.05) is 6.92 Å². The van der Waals surface area contributed by atoms with Gasteiger partial charge >= 0.3 is 23.7 Å². The van der Waals surface area contributed by atoms with Crippen LogP contribution in [-0.4, -0.2) is 41.4 Å². The Balaban J connectivity index is 0.000000592. The number of hydrogen-bond donors (Lipinski definition) is 3. The van der Waals surface area contributed by atoms with Crippen LogP contribution in [0.2, 0.25) is 0 Å². The Kier molecular flexibility index (Phi) is 9.04. The lowest BCUT2D eigenvalue weighted by Gasteiger charge is -2.22. The molecule has 4 N–H and O–H groups in total. The van der Waals surface area contributed by atoms with Crippen molar-refractivity contribution >= 4 is 28.6 Å². The van der Waals surface area contributed by atoms with Crippen LogP contribution < -0.4 is 16.3 Å². The number of carboxylic acid groups (broad SMARTS) is 2. The maximum atomic E-state index is 11.9. The maximum absolute atomic E-state index is 11.9. The van der Waals surface area contributed by atoms with Crippen molar-refractivity contribution in [2.75, 3.05) is 18.0 Å². The minimum atomic E-state index is -5.08. The predicted octanol–water partition coefficient (Wildman–Crippen LogP) is 3.38. The third kappa shape index (κ3) is 7.28. The van der Waals surface area contributed by atoms with Gasteiger partial charge in [0.15, 0.2) is 0 Å². The smallest absolute Gasteiger partial charge is 0.481 e. The summed E-state index contributed by atoms with van der Waals surface area (Å²) in [6.45, 7) is 7.42. The summed E-state index contributed by atoms with van der Waals surface area (Å²) in [6.07, 6.45) is -4.83. The molecular weight excluding hydrogens is 421 g/mol. The lowest BCUT2D eigenvalue weighted by Crippen LogP contribution is -2.22. The van der Waals surface area contributed by atoms with E-state index in [4.69, 9.17) is 25.2 Å². The number of benzene rings is 1. The summed E-state index contributed by atoms with van der Waals surface area (Å²) in [6, 6.07) is 6.50.